The first kappa shape index (κ1) is 19.1. The Morgan fingerprint density at radius 1 is 1.03 bits per heavy atom. The standard InChI is InChI=1S/C21H16N6O3S/c22-20-19(25-30-26-20)21-24-15-12-23-11-10-16(15)27(21)17-8-4-5-9-18(17)29-13-31(28)14-6-2-1-3-7-14/h1-12H,13H2,(H2,22,26). The van der Waals surface area contributed by atoms with Crippen LogP contribution in [0.2, 0.25) is 0 Å². The molecule has 0 aliphatic carbocycles. The molecular formula is C21H16N6O3S. The van der Waals surface area contributed by atoms with Gasteiger partial charge in [-0.3, -0.25) is 9.55 Å². The van der Waals surface area contributed by atoms with Crippen LogP contribution >= 0.6 is 0 Å². The molecule has 154 valence electrons. The zero-order valence-corrected chi connectivity index (χ0v) is 16.9. The molecule has 0 bridgehead atoms. The molecule has 10 heteroatoms. The van der Waals surface area contributed by atoms with E-state index in [2.05, 4.69) is 20.3 Å². The smallest absolute Gasteiger partial charge is 0.250 e. The summed E-state index contributed by atoms with van der Waals surface area (Å²) in [6, 6.07) is 18.4. The van der Waals surface area contributed by atoms with Crippen molar-refractivity contribution in [2.75, 3.05) is 11.7 Å². The summed E-state index contributed by atoms with van der Waals surface area (Å²) in [7, 11) is 0. The average Bonchev–Trinajstić information content (AvgIpc) is 3.41. The van der Waals surface area contributed by atoms with Crippen LogP contribution in [-0.2, 0) is 11.2 Å². The third-order valence-corrected chi connectivity index (χ3v) is 5.75. The maximum Gasteiger partial charge on any atom is 0.250 e. The lowest BCUT2D eigenvalue weighted by atomic mass is 10.2. The number of nitrogens with two attached hydrogens (primary N) is 1. The molecule has 0 aliphatic heterocycles. The Morgan fingerprint density at radius 2 is 1.84 bits per heavy atom. The third-order valence-electron chi connectivity index (χ3n) is 4.62. The number of ether oxygens (including phenoxy) is 1. The monoisotopic (exact) mass is 432 g/mol. The molecule has 0 fully saturated rings. The van der Waals surface area contributed by atoms with Crippen molar-refractivity contribution in [3.8, 4) is 23.0 Å². The van der Waals surface area contributed by atoms with E-state index >= 15 is 0 Å². The van der Waals surface area contributed by atoms with Crippen LogP contribution < -0.4 is 10.5 Å². The van der Waals surface area contributed by atoms with E-state index in [1.807, 2.05) is 47.0 Å². The molecule has 0 radical (unpaired) electrons. The van der Waals surface area contributed by atoms with Gasteiger partial charge in [0.05, 0.1) is 17.4 Å². The maximum atomic E-state index is 12.6. The first-order chi connectivity index (χ1) is 15.2. The molecule has 31 heavy (non-hydrogen) atoms. The number of para-hydroxylation sites is 2. The Morgan fingerprint density at radius 3 is 2.65 bits per heavy atom. The van der Waals surface area contributed by atoms with E-state index in [0.717, 1.165) is 5.52 Å². The van der Waals surface area contributed by atoms with Crippen molar-refractivity contribution in [2.45, 2.75) is 4.90 Å². The van der Waals surface area contributed by atoms with Crippen molar-refractivity contribution in [1.29, 1.82) is 0 Å². The minimum absolute atomic E-state index is 0.00179. The second-order valence-electron chi connectivity index (χ2n) is 6.52. The van der Waals surface area contributed by atoms with Crippen molar-refractivity contribution in [2.24, 2.45) is 0 Å². The molecule has 2 N–H and O–H groups in total. The van der Waals surface area contributed by atoms with E-state index < -0.39 is 11.2 Å². The molecule has 0 spiro atoms. The predicted octanol–water partition coefficient (Wildman–Crippen LogP) is 3.20. The second-order valence-corrected chi connectivity index (χ2v) is 7.92. The average molecular weight is 432 g/mol. The van der Waals surface area contributed by atoms with Crippen molar-refractivity contribution < 1.29 is 13.9 Å². The Labute approximate surface area is 179 Å². The molecule has 5 rings (SSSR count). The summed E-state index contributed by atoms with van der Waals surface area (Å²) in [6.45, 7) is 0. The number of nitrogen functional groups attached to an aromatic ring is 1. The van der Waals surface area contributed by atoms with Gasteiger partial charge in [-0.25, -0.2) is 9.61 Å². The first-order valence-electron chi connectivity index (χ1n) is 9.29. The zero-order chi connectivity index (χ0) is 21.2. The van der Waals surface area contributed by atoms with Crippen LogP contribution in [0.5, 0.6) is 5.75 Å². The topological polar surface area (TPSA) is 128 Å². The van der Waals surface area contributed by atoms with Crippen LogP contribution in [0.3, 0.4) is 0 Å². The number of hydrogen-bond acceptors (Lipinski definition) is 8. The summed E-state index contributed by atoms with van der Waals surface area (Å²) in [4.78, 5) is 9.46. The van der Waals surface area contributed by atoms with E-state index in [-0.39, 0.29) is 11.8 Å². The lowest BCUT2D eigenvalue weighted by molar-refractivity contribution is 0.310. The van der Waals surface area contributed by atoms with Gasteiger partial charge < -0.3 is 15.0 Å². The number of fused-ring (bicyclic) bond motifs is 1. The van der Waals surface area contributed by atoms with Crippen molar-refractivity contribution >= 4 is 28.0 Å². The molecule has 0 amide bonds. The van der Waals surface area contributed by atoms with Crippen LogP contribution in [0, 0.1) is 0 Å². The molecule has 1 atom stereocenters. The van der Waals surface area contributed by atoms with Gasteiger partial charge in [-0.05, 0) is 40.6 Å². The summed E-state index contributed by atoms with van der Waals surface area (Å²) in [6.07, 6.45) is 3.32. The molecule has 0 saturated carbocycles. The van der Waals surface area contributed by atoms with Gasteiger partial charge in [0.25, 0.3) is 0 Å². The van der Waals surface area contributed by atoms with Crippen LogP contribution in [0.15, 0.2) is 82.6 Å². The minimum atomic E-state index is -1.32. The highest BCUT2D eigenvalue weighted by atomic mass is 32.2. The Hall–Kier alpha value is -3.89. The lowest BCUT2D eigenvalue weighted by Gasteiger charge is -2.16. The molecular weight excluding hydrogens is 416 g/mol. The van der Waals surface area contributed by atoms with E-state index in [4.69, 9.17) is 15.1 Å². The van der Waals surface area contributed by atoms with Gasteiger partial charge >= 0.3 is 0 Å². The molecule has 2 aromatic carbocycles. The van der Waals surface area contributed by atoms with Gasteiger partial charge in [-0.15, -0.1) is 0 Å². The van der Waals surface area contributed by atoms with Crippen molar-refractivity contribution in [1.82, 2.24) is 24.8 Å². The van der Waals surface area contributed by atoms with Crippen LogP contribution in [0.25, 0.3) is 28.2 Å². The number of anilines is 1. The fraction of sp³-hybridized carbons (Fsp3) is 0.0476. The number of nitrogens with zero attached hydrogens (tertiary/aromatic N) is 5. The van der Waals surface area contributed by atoms with E-state index in [1.165, 1.54) is 0 Å². The fourth-order valence-electron chi connectivity index (χ4n) is 3.21. The van der Waals surface area contributed by atoms with Gasteiger partial charge in [0.15, 0.2) is 22.2 Å². The highest BCUT2D eigenvalue weighted by Crippen LogP contribution is 2.33. The molecule has 1 unspecified atom stereocenters. The van der Waals surface area contributed by atoms with Gasteiger partial charge in [0.1, 0.15) is 11.3 Å². The van der Waals surface area contributed by atoms with Crippen molar-refractivity contribution in [3.63, 3.8) is 0 Å². The van der Waals surface area contributed by atoms with E-state index in [0.29, 0.717) is 33.4 Å². The summed E-state index contributed by atoms with van der Waals surface area (Å²) in [5.41, 5.74) is 8.33. The SMILES string of the molecule is Nc1nonc1-c1nc2cnccc2n1-c1ccccc1OC[S+]([O-])c1ccccc1. The van der Waals surface area contributed by atoms with Crippen LogP contribution in [0.1, 0.15) is 0 Å². The van der Waals surface area contributed by atoms with E-state index in [9.17, 15) is 4.55 Å². The largest absolute Gasteiger partial charge is 0.609 e. The number of hydrogen-bond donors (Lipinski definition) is 1. The van der Waals surface area contributed by atoms with Gasteiger partial charge in [-0.1, -0.05) is 30.3 Å². The zero-order valence-electron chi connectivity index (χ0n) is 16.1. The number of rotatable bonds is 6. The number of benzene rings is 2. The van der Waals surface area contributed by atoms with Gasteiger partial charge in [-0.2, -0.15) is 0 Å². The highest BCUT2D eigenvalue weighted by molar-refractivity contribution is 7.91. The molecule has 9 nitrogen and oxygen atoms in total. The number of pyridine rings is 1. The summed E-state index contributed by atoms with van der Waals surface area (Å²) in [5, 5.41) is 7.57. The van der Waals surface area contributed by atoms with E-state index in [1.54, 1.807) is 30.6 Å². The molecule has 5 aromatic rings. The first-order valence-corrected chi connectivity index (χ1v) is 10.6. The molecule has 3 aromatic heterocycles. The minimum Gasteiger partial charge on any atom is -0.609 e. The summed E-state index contributed by atoms with van der Waals surface area (Å²) < 4.78 is 25.2. The lowest BCUT2D eigenvalue weighted by Crippen LogP contribution is -2.13. The third kappa shape index (κ3) is 3.58. The Balaban J connectivity index is 1.58. The van der Waals surface area contributed by atoms with Crippen molar-refractivity contribution in [3.05, 3.63) is 73.1 Å². The molecule has 0 aliphatic rings. The number of aromatic nitrogens is 5. The normalized spacial score (nSPS) is 12.2. The van der Waals surface area contributed by atoms with Crippen LogP contribution in [-0.4, -0.2) is 35.3 Å². The summed E-state index contributed by atoms with van der Waals surface area (Å²) >= 11 is -1.32. The summed E-state index contributed by atoms with van der Waals surface area (Å²) in [5.74, 6) is 1.08. The fourth-order valence-corrected chi connectivity index (χ4v) is 4.04. The number of imidazole rings is 1. The Kier molecular flexibility index (Phi) is 4.98. The molecule has 0 saturated heterocycles. The molecule has 3 heterocycles. The quantitative estimate of drug-likeness (QED) is 0.405. The van der Waals surface area contributed by atoms with Crippen LogP contribution in [0.4, 0.5) is 5.82 Å². The predicted molar refractivity (Wildman–Crippen MR) is 115 cm³/mol. The highest BCUT2D eigenvalue weighted by Gasteiger charge is 2.22. The maximum absolute atomic E-state index is 12.6. The van der Waals surface area contributed by atoms with Gasteiger partial charge in [0.2, 0.25) is 5.94 Å². The Bertz CT molecular complexity index is 1340. The second kappa shape index (κ2) is 8.09. The van der Waals surface area contributed by atoms with Gasteiger partial charge in [0, 0.05) is 17.4 Å².